The van der Waals surface area contributed by atoms with Gasteiger partial charge in [-0.25, -0.2) is 0 Å². The Balaban J connectivity index is 2.22. The van der Waals surface area contributed by atoms with E-state index in [9.17, 15) is 0 Å². The van der Waals surface area contributed by atoms with E-state index in [1.807, 2.05) is 25.1 Å². The van der Waals surface area contributed by atoms with Crippen LogP contribution in [0, 0.1) is 0 Å². The lowest BCUT2D eigenvalue weighted by molar-refractivity contribution is 0.616. The topological polar surface area (TPSA) is 70.3 Å². The van der Waals surface area contributed by atoms with Gasteiger partial charge in [0.25, 0.3) is 0 Å². The van der Waals surface area contributed by atoms with Crippen LogP contribution in [0.1, 0.15) is 20.3 Å². The minimum Gasteiger partial charge on any atom is -0.383 e. The lowest BCUT2D eigenvalue weighted by atomic mass is 10.3. The average Bonchev–Trinajstić information content (AvgIpc) is 2.85. The molecule has 6 heteroatoms. The number of nitrogens with one attached hydrogen (secondary N) is 1. The predicted octanol–water partition coefficient (Wildman–Crippen LogP) is 0.701. The number of nitrogens with two attached hydrogens (primary N) is 1. The molecule has 2 heterocycles. The van der Waals surface area contributed by atoms with E-state index in [1.54, 1.807) is 0 Å². The van der Waals surface area contributed by atoms with Gasteiger partial charge in [-0.1, -0.05) is 0 Å². The minimum absolute atomic E-state index is 0.346. The fourth-order valence-corrected chi connectivity index (χ4v) is 2.19. The molecule has 0 aromatic carbocycles. The molecular weight excluding hydrogens is 240 g/mol. The van der Waals surface area contributed by atoms with Crippen molar-refractivity contribution in [1.29, 1.82) is 0 Å². The molecule has 0 radical (unpaired) electrons. The molecule has 2 rings (SSSR count). The van der Waals surface area contributed by atoms with Crippen LogP contribution in [0.2, 0.25) is 0 Å². The van der Waals surface area contributed by atoms with Gasteiger partial charge in [-0.05, 0) is 27.3 Å². The van der Waals surface area contributed by atoms with Gasteiger partial charge in [0, 0.05) is 38.3 Å². The molecule has 0 spiro atoms. The molecule has 0 aliphatic carbocycles. The van der Waals surface area contributed by atoms with Gasteiger partial charge in [-0.15, -0.1) is 0 Å². The van der Waals surface area contributed by atoms with Gasteiger partial charge < -0.3 is 20.9 Å². The molecule has 0 bridgehead atoms. The van der Waals surface area contributed by atoms with Crippen molar-refractivity contribution in [3.8, 4) is 0 Å². The molecule has 1 aliphatic heterocycles. The summed E-state index contributed by atoms with van der Waals surface area (Å²) in [5.41, 5.74) is 5.91. The number of rotatable bonds is 4. The van der Waals surface area contributed by atoms with Crippen LogP contribution in [0.5, 0.6) is 0 Å². The number of anilines is 3. The Morgan fingerprint density at radius 2 is 2.21 bits per heavy atom. The summed E-state index contributed by atoms with van der Waals surface area (Å²) in [4.78, 5) is 13.2. The summed E-state index contributed by atoms with van der Waals surface area (Å²) in [5.74, 6) is 2.14. The van der Waals surface area contributed by atoms with Gasteiger partial charge in [0.15, 0.2) is 0 Å². The fraction of sp³-hybridized carbons (Fsp3) is 0.692. The van der Waals surface area contributed by atoms with Crippen LogP contribution in [0.25, 0.3) is 0 Å². The zero-order chi connectivity index (χ0) is 14.0. The van der Waals surface area contributed by atoms with Crippen LogP contribution in [0.4, 0.5) is 17.6 Å². The van der Waals surface area contributed by atoms with Gasteiger partial charge in [0.1, 0.15) is 11.6 Å². The minimum atomic E-state index is 0.346. The smallest absolute Gasteiger partial charge is 0.229 e. The third-order valence-electron chi connectivity index (χ3n) is 3.73. The van der Waals surface area contributed by atoms with Crippen molar-refractivity contribution in [1.82, 2.24) is 15.3 Å². The highest BCUT2D eigenvalue weighted by Crippen LogP contribution is 2.22. The number of nitrogens with zero attached hydrogens (tertiary/aromatic N) is 4. The second-order valence-corrected chi connectivity index (χ2v) is 5.38. The monoisotopic (exact) mass is 264 g/mol. The summed E-state index contributed by atoms with van der Waals surface area (Å²) in [6, 6.07) is 2.73. The summed E-state index contributed by atoms with van der Waals surface area (Å²) >= 11 is 0. The number of aromatic nitrogens is 2. The first-order valence-corrected chi connectivity index (χ1v) is 6.81. The van der Waals surface area contributed by atoms with Crippen LogP contribution < -0.4 is 20.9 Å². The van der Waals surface area contributed by atoms with Gasteiger partial charge in [-0.3, -0.25) is 0 Å². The molecule has 106 valence electrons. The summed E-state index contributed by atoms with van der Waals surface area (Å²) in [6.07, 6.45) is 1.13. The van der Waals surface area contributed by atoms with E-state index >= 15 is 0 Å². The Morgan fingerprint density at radius 3 is 2.79 bits per heavy atom. The van der Waals surface area contributed by atoms with Crippen LogP contribution in [0.3, 0.4) is 0 Å². The molecule has 3 N–H and O–H groups in total. The van der Waals surface area contributed by atoms with Crippen molar-refractivity contribution in [3.63, 3.8) is 0 Å². The van der Waals surface area contributed by atoms with E-state index in [-0.39, 0.29) is 0 Å². The SMILES string of the molecule is CN[C@@H]1CCN(c2cc(N)nc(N(C)C(C)C)n2)C1. The predicted molar refractivity (Wildman–Crippen MR) is 79.7 cm³/mol. The van der Waals surface area contributed by atoms with E-state index in [4.69, 9.17) is 5.73 Å². The molecule has 1 fully saturated rings. The van der Waals surface area contributed by atoms with Gasteiger partial charge in [0.05, 0.1) is 0 Å². The number of hydrogen-bond acceptors (Lipinski definition) is 6. The molecule has 1 aromatic rings. The molecular formula is C13H24N6. The van der Waals surface area contributed by atoms with Crippen LogP contribution >= 0.6 is 0 Å². The average molecular weight is 264 g/mol. The van der Waals surface area contributed by atoms with Gasteiger partial charge in [-0.2, -0.15) is 9.97 Å². The Bertz CT molecular complexity index is 433. The fourth-order valence-electron chi connectivity index (χ4n) is 2.19. The van der Waals surface area contributed by atoms with Gasteiger partial charge >= 0.3 is 0 Å². The summed E-state index contributed by atoms with van der Waals surface area (Å²) < 4.78 is 0. The number of likely N-dealkylation sites (N-methyl/N-ethyl adjacent to an activating group) is 1. The van der Waals surface area contributed by atoms with E-state index in [0.717, 1.165) is 25.3 Å². The first-order valence-electron chi connectivity index (χ1n) is 6.81. The highest BCUT2D eigenvalue weighted by Gasteiger charge is 2.23. The second kappa shape index (κ2) is 5.61. The highest BCUT2D eigenvalue weighted by molar-refractivity contribution is 5.53. The maximum atomic E-state index is 5.91. The molecule has 0 amide bonds. The van der Waals surface area contributed by atoms with E-state index in [0.29, 0.717) is 23.8 Å². The standard InChI is InChI=1S/C13H24N6/c1-9(2)18(4)13-16-11(14)7-12(17-13)19-6-5-10(8-19)15-3/h7,9-10,15H,5-6,8H2,1-4H3,(H2,14,16,17)/t10-/m1/s1. The molecule has 1 aromatic heterocycles. The van der Waals surface area contributed by atoms with Crippen molar-refractivity contribution in [2.45, 2.75) is 32.4 Å². The van der Waals surface area contributed by atoms with E-state index in [1.165, 1.54) is 0 Å². The number of nitrogen functional groups attached to an aromatic ring is 1. The Hall–Kier alpha value is -1.56. The Morgan fingerprint density at radius 1 is 1.47 bits per heavy atom. The summed E-state index contributed by atoms with van der Waals surface area (Å²) in [7, 11) is 3.99. The lowest BCUT2D eigenvalue weighted by Crippen LogP contribution is -2.31. The molecule has 1 atom stereocenters. The van der Waals surface area contributed by atoms with Crippen molar-refractivity contribution in [2.75, 3.05) is 42.7 Å². The molecule has 6 nitrogen and oxygen atoms in total. The molecule has 0 saturated carbocycles. The van der Waals surface area contributed by atoms with Crippen molar-refractivity contribution in [3.05, 3.63) is 6.07 Å². The van der Waals surface area contributed by atoms with Crippen molar-refractivity contribution < 1.29 is 0 Å². The van der Waals surface area contributed by atoms with Crippen molar-refractivity contribution >= 4 is 17.6 Å². The third kappa shape index (κ3) is 3.07. The second-order valence-electron chi connectivity index (χ2n) is 5.38. The van der Waals surface area contributed by atoms with Crippen LogP contribution in [-0.2, 0) is 0 Å². The summed E-state index contributed by atoms with van der Waals surface area (Å²) in [5, 5.41) is 3.31. The van der Waals surface area contributed by atoms with Gasteiger partial charge in [0.2, 0.25) is 5.95 Å². The first-order chi connectivity index (χ1) is 9.01. The highest BCUT2D eigenvalue weighted by atomic mass is 15.3. The zero-order valence-electron chi connectivity index (χ0n) is 12.2. The maximum absolute atomic E-state index is 5.91. The van der Waals surface area contributed by atoms with Crippen molar-refractivity contribution in [2.24, 2.45) is 0 Å². The van der Waals surface area contributed by atoms with Crippen LogP contribution in [0.15, 0.2) is 6.07 Å². The maximum Gasteiger partial charge on any atom is 0.229 e. The Kier molecular flexibility index (Phi) is 4.09. The van der Waals surface area contributed by atoms with E-state index < -0.39 is 0 Å². The number of hydrogen-bond donors (Lipinski definition) is 2. The van der Waals surface area contributed by atoms with Crippen LogP contribution in [-0.4, -0.2) is 49.2 Å². The van der Waals surface area contributed by atoms with E-state index in [2.05, 4.69) is 34.0 Å². The molecule has 1 saturated heterocycles. The molecule has 19 heavy (non-hydrogen) atoms. The zero-order valence-corrected chi connectivity index (χ0v) is 12.2. The Labute approximate surface area is 115 Å². The summed E-state index contributed by atoms with van der Waals surface area (Å²) in [6.45, 7) is 6.20. The lowest BCUT2D eigenvalue weighted by Gasteiger charge is -2.24. The molecule has 1 aliphatic rings. The quantitative estimate of drug-likeness (QED) is 0.834. The third-order valence-corrected chi connectivity index (χ3v) is 3.73. The first kappa shape index (κ1) is 13.9. The largest absolute Gasteiger partial charge is 0.383 e. The molecule has 0 unspecified atom stereocenters. The normalized spacial score (nSPS) is 19.2.